The van der Waals surface area contributed by atoms with E-state index >= 15 is 0 Å². The Kier molecular flexibility index (Phi) is 8.48. The molecule has 1 aliphatic heterocycles. The standard InChI is InChI=1S/C29H26F3N3O7S/c1-37-20-8-5-15(21-13-19(35-42-21)16-10-23(38-2)27(40-4)24(11-16)39-3)9-22(20)41-14-26(36)34-28-33-18-7-6-17(29(30,31)32)12-25(18)43-28/h5-12,21H,13-14H2,1-4H3,(H,33,34,36). The Morgan fingerprint density at radius 1 is 0.953 bits per heavy atom. The van der Waals surface area contributed by atoms with E-state index in [-0.39, 0.29) is 5.13 Å². The van der Waals surface area contributed by atoms with Crippen LogP contribution < -0.4 is 29.0 Å². The average molecular weight is 618 g/mol. The number of rotatable bonds is 10. The van der Waals surface area contributed by atoms with Gasteiger partial charge in [-0.2, -0.15) is 13.2 Å². The number of nitrogens with zero attached hydrogens (tertiary/aromatic N) is 2. The summed E-state index contributed by atoms with van der Waals surface area (Å²) in [6.07, 6.45) is -4.49. The van der Waals surface area contributed by atoms with Crippen molar-refractivity contribution in [2.24, 2.45) is 5.16 Å². The summed E-state index contributed by atoms with van der Waals surface area (Å²) < 4.78 is 66.8. The summed E-state index contributed by atoms with van der Waals surface area (Å²) >= 11 is 0.934. The number of carbonyl (C=O) groups is 1. The number of alkyl halides is 3. The van der Waals surface area contributed by atoms with Crippen molar-refractivity contribution in [2.75, 3.05) is 40.4 Å². The van der Waals surface area contributed by atoms with E-state index in [0.717, 1.165) is 34.6 Å². The molecule has 14 heteroatoms. The van der Waals surface area contributed by atoms with Crippen LogP contribution in [0.3, 0.4) is 0 Å². The molecule has 1 amide bonds. The SMILES string of the molecule is COc1ccc(C2CC(c3cc(OC)c(OC)c(OC)c3)=NO2)cc1OCC(=O)Nc1nc2ccc(C(F)(F)F)cc2s1. The molecule has 5 rings (SSSR count). The van der Waals surface area contributed by atoms with Crippen molar-refractivity contribution in [1.29, 1.82) is 0 Å². The van der Waals surface area contributed by atoms with E-state index in [9.17, 15) is 18.0 Å². The van der Waals surface area contributed by atoms with Gasteiger partial charge in [0.05, 0.1) is 49.9 Å². The summed E-state index contributed by atoms with van der Waals surface area (Å²) in [6, 6.07) is 12.0. The number of aromatic nitrogens is 1. The predicted octanol–water partition coefficient (Wildman–Crippen LogP) is 6.23. The minimum absolute atomic E-state index is 0.152. The third-order valence-electron chi connectivity index (χ3n) is 6.55. The van der Waals surface area contributed by atoms with Gasteiger partial charge in [-0.15, -0.1) is 0 Å². The first-order valence-corrected chi connectivity index (χ1v) is 13.6. The molecule has 0 saturated heterocycles. The number of methoxy groups -OCH3 is 4. The van der Waals surface area contributed by atoms with Crippen molar-refractivity contribution >= 4 is 38.3 Å². The highest BCUT2D eigenvalue weighted by Crippen LogP contribution is 2.41. The lowest BCUT2D eigenvalue weighted by atomic mass is 9.99. The minimum atomic E-state index is -4.48. The number of hydrogen-bond acceptors (Lipinski definition) is 10. The fourth-order valence-corrected chi connectivity index (χ4v) is 5.36. The fraction of sp³-hybridized carbons (Fsp3) is 0.276. The molecule has 226 valence electrons. The van der Waals surface area contributed by atoms with Gasteiger partial charge in [-0.25, -0.2) is 4.98 Å². The Morgan fingerprint density at radius 2 is 1.67 bits per heavy atom. The van der Waals surface area contributed by atoms with E-state index in [2.05, 4.69) is 15.5 Å². The molecule has 1 aromatic heterocycles. The highest BCUT2D eigenvalue weighted by Gasteiger charge is 2.31. The number of amides is 1. The molecule has 0 aliphatic carbocycles. The number of benzene rings is 3. The Bertz CT molecular complexity index is 1660. The summed E-state index contributed by atoms with van der Waals surface area (Å²) in [5.41, 5.74) is 1.69. The normalized spacial score (nSPS) is 14.6. The third kappa shape index (κ3) is 6.38. The van der Waals surface area contributed by atoms with E-state index < -0.39 is 30.4 Å². The summed E-state index contributed by atoms with van der Waals surface area (Å²) in [4.78, 5) is 22.5. The highest BCUT2D eigenvalue weighted by atomic mass is 32.1. The molecule has 3 aromatic carbocycles. The van der Waals surface area contributed by atoms with Gasteiger partial charge in [0.2, 0.25) is 5.75 Å². The first-order chi connectivity index (χ1) is 20.6. The number of hydrogen-bond donors (Lipinski definition) is 1. The number of fused-ring (bicyclic) bond motifs is 1. The van der Waals surface area contributed by atoms with Crippen LogP contribution in [0.2, 0.25) is 0 Å². The van der Waals surface area contributed by atoms with Crippen LogP contribution in [0.25, 0.3) is 10.2 Å². The van der Waals surface area contributed by atoms with Crippen molar-refractivity contribution < 1.29 is 46.5 Å². The van der Waals surface area contributed by atoms with Crippen LogP contribution in [0.1, 0.15) is 29.2 Å². The van der Waals surface area contributed by atoms with Crippen LogP contribution in [0.4, 0.5) is 18.3 Å². The van der Waals surface area contributed by atoms with Gasteiger partial charge in [0.1, 0.15) is 0 Å². The second-order valence-electron chi connectivity index (χ2n) is 9.20. The summed E-state index contributed by atoms with van der Waals surface area (Å²) in [5.74, 6) is 1.56. The van der Waals surface area contributed by atoms with Crippen LogP contribution >= 0.6 is 11.3 Å². The molecule has 1 N–H and O–H groups in total. The zero-order chi connectivity index (χ0) is 30.7. The van der Waals surface area contributed by atoms with Crippen LogP contribution in [0.5, 0.6) is 28.7 Å². The van der Waals surface area contributed by atoms with Crippen molar-refractivity contribution in [1.82, 2.24) is 4.98 Å². The average Bonchev–Trinajstić information content (AvgIpc) is 3.65. The second-order valence-corrected chi connectivity index (χ2v) is 10.2. The van der Waals surface area contributed by atoms with E-state index in [1.165, 1.54) is 34.5 Å². The molecule has 4 aromatic rings. The summed E-state index contributed by atoms with van der Waals surface area (Å²) in [6.45, 7) is -0.401. The number of carbonyl (C=O) groups excluding carboxylic acids is 1. The van der Waals surface area contributed by atoms with Gasteiger partial charge in [0.25, 0.3) is 5.91 Å². The molecule has 1 atom stereocenters. The van der Waals surface area contributed by atoms with Gasteiger partial charge < -0.3 is 28.5 Å². The number of anilines is 1. The molecular formula is C29H26F3N3O7S. The van der Waals surface area contributed by atoms with Crippen molar-refractivity contribution in [2.45, 2.75) is 18.7 Å². The summed E-state index contributed by atoms with van der Waals surface area (Å²) in [7, 11) is 6.05. The molecule has 1 unspecified atom stereocenters. The smallest absolute Gasteiger partial charge is 0.416 e. The van der Waals surface area contributed by atoms with Gasteiger partial charge in [-0.05, 0) is 48.0 Å². The molecule has 43 heavy (non-hydrogen) atoms. The number of ether oxygens (including phenoxy) is 5. The molecule has 0 radical (unpaired) electrons. The van der Waals surface area contributed by atoms with E-state index in [0.29, 0.717) is 51.1 Å². The molecule has 10 nitrogen and oxygen atoms in total. The second kappa shape index (κ2) is 12.3. The lowest BCUT2D eigenvalue weighted by Gasteiger charge is -2.15. The topological polar surface area (TPSA) is 110 Å². The first kappa shape index (κ1) is 29.8. The van der Waals surface area contributed by atoms with Crippen molar-refractivity contribution in [3.05, 3.63) is 65.2 Å². The molecule has 0 bridgehead atoms. The van der Waals surface area contributed by atoms with Gasteiger partial charge in [0.15, 0.2) is 40.8 Å². The van der Waals surface area contributed by atoms with Gasteiger partial charge >= 0.3 is 6.18 Å². The van der Waals surface area contributed by atoms with E-state index in [1.54, 1.807) is 30.3 Å². The lowest BCUT2D eigenvalue weighted by molar-refractivity contribution is -0.137. The summed E-state index contributed by atoms with van der Waals surface area (Å²) in [5, 5.41) is 6.98. The number of nitrogens with one attached hydrogen (secondary N) is 1. The van der Waals surface area contributed by atoms with Crippen molar-refractivity contribution in [3.63, 3.8) is 0 Å². The minimum Gasteiger partial charge on any atom is -0.493 e. The molecule has 0 saturated carbocycles. The predicted molar refractivity (Wildman–Crippen MR) is 153 cm³/mol. The third-order valence-corrected chi connectivity index (χ3v) is 7.48. The zero-order valence-electron chi connectivity index (χ0n) is 23.4. The van der Waals surface area contributed by atoms with Crippen LogP contribution in [-0.4, -0.2) is 51.6 Å². The Balaban J connectivity index is 1.26. The molecule has 2 heterocycles. The largest absolute Gasteiger partial charge is 0.493 e. The maximum atomic E-state index is 13.0. The molecular weight excluding hydrogens is 591 g/mol. The zero-order valence-corrected chi connectivity index (χ0v) is 24.2. The molecule has 0 spiro atoms. The first-order valence-electron chi connectivity index (χ1n) is 12.7. The highest BCUT2D eigenvalue weighted by molar-refractivity contribution is 7.22. The fourth-order valence-electron chi connectivity index (χ4n) is 4.43. The Labute approximate surface area is 247 Å². The van der Waals surface area contributed by atoms with E-state index in [4.69, 9.17) is 28.5 Å². The van der Waals surface area contributed by atoms with Gasteiger partial charge in [-0.3, -0.25) is 10.1 Å². The number of oxime groups is 1. The maximum Gasteiger partial charge on any atom is 0.416 e. The lowest BCUT2D eigenvalue weighted by Crippen LogP contribution is -2.20. The molecule has 1 aliphatic rings. The van der Waals surface area contributed by atoms with Gasteiger partial charge in [-0.1, -0.05) is 22.6 Å². The Morgan fingerprint density at radius 3 is 2.33 bits per heavy atom. The van der Waals surface area contributed by atoms with Crippen molar-refractivity contribution in [3.8, 4) is 28.7 Å². The van der Waals surface area contributed by atoms with Gasteiger partial charge in [0, 0.05) is 12.0 Å². The van der Waals surface area contributed by atoms with E-state index in [1.807, 2.05) is 0 Å². The monoisotopic (exact) mass is 617 g/mol. The number of thiazole rings is 1. The van der Waals surface area contributed by atoms with Crippen LogP contribution in [-0.2, 0) is 15.8 Å². The Hall–Kier alpha value is -4.72. The maximum absolute atomic E-state index is 13.0. The number of halogens is 3. The van der Waals surface area contributed by atoms with Crippen LogP contribution in [0.15, 0.2) is 53.7 Å². The quantitative estimate of drug-likeness (QED) is 0.223. The molecule has 0 fully saturated rings. The van der Waals surface area contributed by atoms with Crippen LogP contribution in [0, 0.1) is 0 Å².